The largest absolute Gasteiger partial charge is 0.385 e. The Hall–Kier alpha value is -3.03. The molecule has 1 saturated heterocycles. The molecule has 0 unspecified atom stereocenters. The maximum absolute atomic E-state index is 13.4. The van der Waals surface area contributed by atoms with Gasteiger partial charge in [0.2, 0.25) is 15.9 Å². The first kappa shape index (κ1) is 28.5. The highest BCUT2D eigenvalue weighted by Crippen LogP contribution is 2.40. The van der Waals surface area contributed by atoms with Crippen LogP contribution >= 0.6 is 15.9 Å². The second kappa shape index (κ2) is 11.8. The van der Waals surface area contributed by atoms with Gasteiger partial charge in [0, 0.05) is 78.7 Å². The summed E-state index contributed by atoms with van der Waals surface area (Å²) in [7, 11) is -0.448. The lowest BCUT2D eigenvalue weighted by atomic mass is 10.0. The van der Waals surface area contributed by atoms with Gasteiger partial charge in [-0.3, -0.25) is 9.59 Å². The van der Waals surface area contributed by atoms with Crippen molar-refractivity contribution in [2.75, 3.05) is 58.5 Å². The standard InChI is InChI=1S/C28H31BrN4O6S/c1-31-25-7-5-21(40(36,37)33-9-12-39-13-10-33)16-23(25)24(28(31)35)14-19-17-32(18-27(34)30-8-3-11-38-2)26-6-4-20(29)15-22(19)26/h4-7,14-17H,3,8-13,18H2,1-2H3,(H,30,34). The lowest BCUT2D eigenvalue weighted by molar-refractivity contribution is -0.121. The van der Waals surface area contributed by atoms with Crippen molar-refractivity contribution in [3.8, 4) is 0 Å². The van der Waals surface area contributed by atoms with Gasteiger partial charge in [-0.05, 0) is 48.9 Å². The summed E-state index contributed by atoms with van der Waals surface area (Å²) >= 11 is 3.53. The summed E-state index contributed by atoms with van der Waals surface area (Å²) in [5.74, 6) is -0.363. The van der Waals surface area contributed by atoms with Gasteiger partial charge in [0.15, 0.2) is 0 Å². The van der Waals surface area contributed by atoms with Crippen molar-refractivity contribution in [3.05, 3.63) is 58.2 Å². The molecule has 3 aromatic rings. The zero-order valence-corrected chi connectivity index (χ0v) is 24.8. The van der Waals surface area contributed by atoms with Gasteiger partial charge in [0.05, 0.1) is 23.8 Å². The van der Waals surface area contributed by atoms with Crippen LogP contribution in [0.25, 0.3) is 22.6 Å². The van der Waals surface area contributed by atoms with Gasteiger partial charge >= 0.3 is 0 Å². The molecule has 1 fully saturated rings. The number of nitrogens with zero attached hydrogens (tertiary/aromatic N) is 3. The molecule has 1 aromatic heterocycles. The van der Waals surface area contributed by atoms with Crippen molar-refractivity contribution >= 4 is 66.0 Å². The molecule has 2 aliphatic rings. The number of ether oxygens (including phenoxy) is 2. The van der Waals surface area contributed by atoms with Crippen molar-refractivity contribution in [3.63, 3.8) is 0 Å². The van der Waals surface area contributed by atoms with Gasteiger partial charge in [0.1, 0.15) is 6.54 Å². The third kappa shape index (κ3) is 5.59. The van der Waals surface area contributed by atoms with Crippen LogP contribution in [0.4, 0.5) is 5.69 Å². The average molecular weight is 632 g/mol. The Bertz CT molecular complexity index is 1590. The van der Waals surface area contributed by atoms with Crippen LogP contribution in [0.5, 0.6) is 0 Å². The first-order valence-corrected chi connectivity index (χ1v) is 15.2. The van der Waals surface area contributed by atoms with Gasteiger partial charge in [-0.15, -0.1) is 0 Å². The summed E-state index contributed by atoms with van der Waals surface area (Å²) in [6.07, 6.45) is 4.34. The van der Waals surface area contributed by atoms with E-state index in [1.807, 2.05) is 29.0 Å². The molecule has 0 atom stereocenters. The van der Waals surface area contributed by atoms with E-state index >= 15 is 0 Å². The SMILES string of the molecule is COCCCNC(=O)Cn1cc(C=C2C(=O)N(C)c3ccc(S(=O)(=O)N4CCOCC4)cc32)c2cc(Br)ccc21. The van der Waals surface area contributed by atoms with Crippen LogP contribution in [-0.4, -0.2) is 82.7 Å². The average Bonchev–Trinajstić information content (AvgIpc) is 3.40. The number of carbonyl (C=O) groups is 2. The molecule has 10 nitrogen and oxygen atoms in total. The van der Waals surface area contributed by atoms with Crippen molar-refractivity contribution in [1.82, 2.24) is 14.2 Å². The summed E-state index contributed by atoms with van der Waals surface area (Å²) in [6, 6.07) is 10.6. The molecule has 212 valence electrons. The number of rotatable bonds is 9. The molecule has 2 aromatic carbocycles. The Morgan fingerprint density at radius 3 is 2.70 bits per heavy atom. The Kier molecular flexibility index (Phi) is 8.43. The van der Waals surface area contributed by atoms with E-state index in [1.54, 1.807) is 38.4 Å². The lowest BCUT2D eigenvalue weighted by Crippen LogP contribution is -2.40. The summed E-state index contributed by atoms with van der Waals surface area (Å²) in [5, 5.41) is 3.76. The fraction of sp³-hybridized carbons (Fsp3) is 0.357. The number of anilines is 1. The van der Waals surface area contributed by atoms with Crippen LogP contribution in [0.2, 0.25) is 0 Å². The fourth-order valence-corrected chi connectivity index (χ4v) is 6.81. The number of nitrogens with one attached hydrogen (secondary N) is 1. The van der Waals surface area contributed by atoms with E-state index in [4.69, 9.17) is 9.47 Å². The number of fused-ring (bicyclic) bond motifs is 2. The molecule has 0 spiro atoms. The van der Waals surface area contributed by atoms with Gasteiger partial charge in [-0.1, -0.05) is 15.9 Å². The number of carbonyl (C=O) groups excluding carboxylic acids is 2. The van der Waals surface area contributed by atoms with Gasteiger partial charge < -0.3 is 24.3 Å². The Morgan fingerprint density at radius 1 is 1.18 bits per heavy atom. The topological polar surface area (TPSA) is 110 Å². The summed E-state index contributed by atoms with van der Waals surface area (Å²) in [5.41, 5.74) is 3.16. The monoisotopic (exact) mass is 630 g/mol. The molecule has 1 N–H and O–H groups in total. The number of likely N-dealkylation sites (N-methyl/N-ethyl adjacent to an activating group) is 1. The highest BCUT2D eigenvalue weighted by atomic mass is 79.9. The van der Waals surface area contributed by atoms with E-state index in [1.165, 1.54) is 9.21 Å². The van der Waals surface area contributed by atoms with Crippen LogP contribution in [0.1, 0.15) is 17.5 Å². The predicted octanol–water partition coefficient (Wildman–Crippen LogP) is 3.09. The minimum atomic E-state index is -3.74. The minimum Gasteiger partial charge on any atom is -0.385 e. The van der Waals surface area contributed by atoms with Crippen LogP contribution in [-0.2, 0) is 35.6 Å². The second-order valence-electron chi connectivity index (χ2n) is 9.69. The van der Waals surface area contributed by atoms with Gasteiger partial charge in [-0.25, -0.2) is 8.42 Å². The third-order valence-electron chi connectivity index (χ3n) is 7.10. The second-order valence-corrected chi connectivity index (χ2v) is 12.5. The van der Waals surface area contributed by atoms with E-state index in [-0.39, 0.29) is 36.3 Å². The van der Waals surface area contributed by atoms with Gasteiger partial charge in [0.25, 0.3) is 5.91 Å². The van der Waals surface area contributed by atoms with Crippen LogP contribution < -0.4 is 10.2 Å². The molecule has 2 amide bonds. The molecule has 0 saturated carbocycles. The molecular formula is C28H31BrN4O6S. The predicted molar refractivity (Wildman–Crippen MR) is 156 cm³/mol. The highest BCUT2D eigenvalue weighted by molar-refractivity contribution is 9.10. The first-order chi connectivity index (χ1) is 19.2. The minimum absolute atomic E-state index is 0.112. The molecule has 0 bridgehead atoms. The summed E-state index contributed by atoms with van der Waals surface area (Å²) in [4.78, 5) is 27.7. The maximum Gasteiger partial charge on any atom is 0.258 e. The molecule has 0 aliphatic carbocycles. The number of benzene rings is 2. The molecule has 3 heterocycles. The fourth-order valence-electron chi connectivity index (χ4n) is 5.02. The number of hydrogen-bond donors (Lipinski definition) is 1. The van der Waals surface area contributed by atoms with Crippen LogP contribution in [0.3, 0.4) is 0 Å². The van der Waals surface area contributed by atoms with Gasteiger partial charge in [-0.2, -0.15) is 4.31 Å². The highest BCUT2D eigenvalue weighted by Gasteiger charge is 2.33. The Balaban J connectivity index is 1.52. The van der Waals surface area contributed by atoms with E-state index in [9.17, 15) is 18.0 Å². The smallest absolute Gasteiger partial charge is 0.258 e. The summed E-state index contributed by atoms with van der Waals surface area (Å²) in [6.45, 7) is 2.47. The number of hydrogen-bond acceptors (Lipinski definition) is 6. The van der Waals surface area contributed by atoms with Crippen LogP contribution in [0, 0.1) is 0 Å². The number of morpholine rings is 1. The lowest BCUT2D eigenvalue weighted by Gasteiger charge is -2.26. The van der Waals surface area contributed by atoms with Crippen molar-refractivity contribution < 1.29 is 27.5 Å². The summed E-state index contributed by atoms with van der Waals surface area (Å²) < 4.78 is 41.2. The van der Waals surface area contributed by atoms with Crippen molar-refractivity contribution in [1.29, 1.82) is 0 Å². The maximum atomic E-state index is 13.4. The number of aromatic nitrogens is 1. The molecular weight excluding hydrogens is 600 g/mol. The quantitative estimate of drug-likeness (QED) is 0.287. The van der Waals surface area contributed by atoms with E-state index in [0.29, 0.717) is 43.2 Å². The first-order valence-electron chi connectivity index (χ1n) is 13.0. The molecule has 0 radical (unpaired) electrons. The molecule has 5 rings (SSSR count). The van der Waals surface area contributed by atoms with E-state index < -0.39 is 10.0 Å². The van der Waals surface area contributed by atoms with E-state index in [2.05, 4.69) is 21.2 Å². The normalized spacial score (nSPS) is 17.1. The zero-order chi connectivity index (χ0) is 28.4. The molecule has 40 heavy (non-hydrogen) atoms. The Morgan fingerprint density at radius 2 is 1.95 bits per heavy atom. The van der Waals surface area contributed by atoms with Crippen molar-refractivity contribution in [2.24, 2.45) is 0 Å². The Labute approximate surface area is 241 Å². The van der Waals surface area contributed by atoms with E-state index in [0.717, 1.165) is 27.4 Å². The van der Waals surface area contributed by atoms with Crippen molar-refractivity contribution in [2.45, 2.75) is 17.9 Å². The number of halogens is 1. The number of sulfonamides is 1. The van der Waals surface area contributed by atoms with Crippen LogP contribution in [0.15, 0.2) is 52.0 Å². The molecule has 12 heteroatoms. The third-order valence-corrected chi connectivity index (χ3v) is 9.49. The number of amides is 2. The number of methoxy groups -OCH3 is 1. The zero-order valence-electron chi connectivity index (χ0n) is 22.4. The molecule has 2 aliphatic heterocycles.